The average molecular weight is 390 g/mol. The minimum atomic E-state index is -0.446. The highest BCUT2D eigenvalue weighted by Gasteiger charge is 2.12. The van der Waals surface area contributed by atoms with E-state index >= 15 is 0 Å². The highest BCUT2D eigenvalue weighted by Crippen LogP contribution is 2.25. The summed E-state index contributed by atoms with van der Waals surface area (Å²) in [5.41, 5.74) is 3.73. The van der Waals surface area contributed by atoms with E-state index in [4.69, 9.17) is 11.6 Å². The fraction of sp³-hybridized carbons (Fsp3) is 0.158. The quantitative estimate of drug-likeness (QED) is 0.624. The zero-order valence-corrected chi connectivity index (χ0v) is 15.9. The molecule has 0 spiro atoms. The van der Waals surface area contributed by atoms with E-state index in [1.54, 1.807) is 6.20 Å². The molecule has 0 unspecified atom stereocenters. The third-order valence-corrected chi connectivity index (χ3v) is 5.04. The molecule has 134 valence electrons. The summed E-state index contributed by atoms with van der Waals surface area (Å²) in [5, 5.41) is 3.57. The highest BCUT2D eigenvalue weighted by molar-refractivity contribution is 7.99. The maximum atomic E-state index is 13.1. The summed E-state index contributed by atoms with van der Waals surface area (Å²) in [4.78, 5) is 16.5. The molecule has 1 heterocycles. The van der Waals surface area contributed by atoms with Crippen LogP contribution in [-0.4, -0.2) is 21.2 Å². The van der Waals surface area contributed by atoms with E-state index in [1.165, 1.54) is 29.5 Å². The SMILES string of the molecule is Cc1ccc(-n2ccnc2SCC(=O)Nc2ccc(F)cc2Cl)c(C)c1. The number of nitrogens with zero attached hydrogens (tertiary/aromatic N) is 2. The van der Waals surface area contributed by atoms with Gasteiger partial charge in [-0.15, -0.1) is 0 Å². The minimum Gasteiger partial charge on any atom is -0.324 e. The maximum Gasteiger partial charge on any atom is 0.234 e. The monoisotopic (exact) mass is 389 g/mol. The molecule has 0 fully saturated rings. The number of halogens is 2. The van der Waals surface area contributed by atoms with Crippen LogP contribution in [0, 0.1) is 19.7 Å². The van der Waals surface area contributed by atoms with Crippen LogP contribution in [0.5, 0.6) is 0 Å². The number of rotatable bonds is 5. The third-order valence-electron chi connectivity index (χ3n) is 3.76. The van der Waals surface area contributed by atoms with Crippen LogP contribution < -0.4 is 5.32 Å². The molecule has 0 aliphatic rings. The molecular formula is C19H17ClFN3OS. The summed E-state index contributed by atoms with van der Waals surface area (Å²) in [6.07, 6.45) is 3.57. The molecule has 3 rings (SSSR count). The Morgan fingerprint density at radius 1 is 1.27 bits per heavy atom. The standard InChI is InChI=1S/C19H17ClFN3OS/c1-12-3-6-17(13(2)9-12)24-8-7-22-19(24)26-11-18(25)23-16-5-4-14(21)10-15(16)20/h3-10H,11H2,1-2H3,(H,23,25). The van der Waals surface area contributed by atoms with Crippen molar-refractivity contribution in [3.8, 4) is 5.69 Å². The van der Waals surface area contributed by atoms with Crippen molar-refractivity contribution >= 4 is 35.0 Å². The summed E-state index contributed by atoms with van der Waals surface area (Å²) in [6.45, 7) is 4.09. The van der Waals surface area contributed by atoms with Gasteiger partial charge in [0.2, 0.25) is 5.91 Å². The molecular weight excluding hydrogens is 373 g/mol. The van der Waals surface area contributed by atoms with Gasteiger partial charge in [0.15, 0.2) is 5.16 Å². The largest absolute Gasteiger partial charge is 0.324 e. The Morgan fingerprint density at radius 2 is 2.08 bits per heavy atom. The number of amides is 1. The maximum absolute atomic E-state index is 13.1. The van der Waals surface area contributed by atoms with Crippen molar-refractivity contribution < 1.29 is 9.18 Å². The van der Waals surface area contributed by atoms with Gasteiger partial charge in [-0.05, 0) is 43.7 Å². The molecule has 1 N–H and O–H groups in total. The van der Waals surface area contributed by atoms with Crippen molar-refractivity contribution in [2.75, 3.05) is 11.1 Å². The number of aryl methyl sites for hydroxylation is 2. The first-order chi connectivity index (χ1) is 12.4. The molecule has 7 heteroatoms. The first kappa shape index (κ1) is 18.5. The first-order valence-electron chi connectivity index (χ1n) is 7.93. The Morgan fingerprint density at radius 3 is 2.81 bits per heavy atom. The van der Waals surface area contributed by atoms with Crippen LogP contribution in [0.1, 0.15) is 11.1 Å². The topological polar surface area (TPSA) is 46.9 Å². The van der Waals surface area contributed by atoms with E-state index < -0.39 is 5.82 Å². The van der Waals surface area contributed by atoms with Crippen molar-refractivity contribution in [2.45, 2.75) is 19.0 Å². The Bertz CT molecular complexity index is 958. The smallest absolute Gasteiger partial charge is 0.234 e. The van der Waals surface area contributed by atoms with E-state index in [-0.39, 0.29) is 16.7 Å². The summed E-state index contributed by atoms with van der Waals surface area (Å²) in [6, 6.07) is 10.0. The number of anilines is 1. The fourth-order valence-corrected chi connectivity index (χ4v) is 3.54. The van der Waals surface area contributed by atoms with Crippen LogP contribution >= 0.6 is 23.4 Å². The van der Waals surface area contributed by atoms with Gasteiger partial charge in [0.1, 0.15) is 5.82 Å². The molecule has 2 aromatic carbocycles. The second-order valence-corrected chi connectivity index (χ2v) is 7.18. The number of carbonyl (C=O) groups is 1. The summed E-state index contributed by atoms with van der Waals surface area (Å²) in [5.74, 6) is -0.521. The van der Waals surface area contributed by atoms with Crippen LogP contribution in [0.15, 0.2) is 53.9 Å². The molecule has 0 saturated heterocycles. The van der Waals surface area contributed by atoms with E-state index in [9.17, 15) is 9.18 Å². The van der Waals surface area contributed by atoms with Gasteiger partial charge in [-0.2, -0.15) is 0 Å². The van der Waals surface area contributed by atoms with E-state index in [1.807, 2.05) is 36.7 Å². The molecule has 1 amide bonds. The normalized spacial score (nSPS) is 10.8. The molecule has 0 bridgehead atoms. The van der Waals surface area contributed by atoms with Gasteiger partial charge in [0.25, 0.3) is 0 Å². The highest BCUT2D eigenvalue weighted by atomic mass is 35.5. The third kappa shape index (κ3) is 4.26. The molecule has 0 aliphatic carbocycles. The second kappa shape index (κ2) is 7.93. The molecule has 4 nitrogen and oxygen atoms in total. The second-order valence-electron chi connectivity index (χ2n) is 5.83. The lowest BCUT2D eigenvalue weighted by Crippen LogP contribution is -2.15. The van der Waals surface area contributed by atoms with Gasteiger partial charge >= 0.3 is 0 Å². The lowest BCUT2D eigenvalue weighted by atomic mass is 10.1. The van der Waals surface area contributed by atoms with Gasteiger partial charge in [-0.3, -0.25) is 9.36 Å². The van der Waals surface area contributed by atoms with Crippen LogP contribution in [-0.2, 0) is 4.79 Å². The van der Waals surface area contributed by atoms with Crippen molar-refractivity contribution in [2.24, 2.45) is 0 Å². The number of thioether (sulfide) groups is 1. The molecule has 26 heavy (non-hydrogen) atoms. The Kier molecular flexibility index (Phi) is 5.64. The average Bonchev–Trinajstić information content (AvgIpc) is 3.04. The summed E-state index contributed by atoms with van der Waals surface area (Å²) in [7, 11) is 0. The van der Waals surface area contributed by atoms with Gasteiger partial charge in [-0.25, -0.2) is 9.37 Å². The van der Waals surface area contributed by atoms with Crippen molar-refractivity contribution in [1.82, 2.24) is 9.55 Å². The number of hydrogen-bond donors (Lipinski definition) is 1. The minimum absolute atomic E-state index is 0.162. The molecule has 0 aliphatic heterocycles. The lowest BCUT2D eigenvalue weighted by Gasteiger charge is -2.11. The molecule has 3 aromatic rings. The van der Waals surface area contributed by atoms with Gasteiger partial charge in [0, 0.05) is 12.4 Å². The van der Waals surface area contributed by atoms with Crippen LogP contribution in [0.2, 0.25) is 5.02 Å². The molecule has 0 saturated carbocycles. The fourth-order valence-electron chi connectivity index (χ4n) is 2.56. The Balaban J connectivity index is 1.69. The van der Waals surface area contributed by atoms with E-state index in [0.29, 0.717) is 5.69 Å². The van der Waals surface area contributed by atoms with E-state index in [2.05, 4.69) is 16.4 Å². The van der Waals surface area contributed by atoms with Crippen molar-refractivity contribution in [3.05, 3.63) is 70.8 Å². The predicted octanol–water partition coefficient (Wildman–Crippen LogP) is 5.01. The van der Waals surface area contributed by atoms with E-state index in [0.717, 1.165) is 22.5 Å². The van der Waals surface area contributed by atoms with Crippen molar-refractivity contribution in [1.29, 1.82) is 0 Å². The number of carbonyl (C=O) groups excluding carboxylic acids is 1. The van der Waals surface area contributed by atoms with Gasteiger partial charge < -0.3 is 5.32 Å². The number of nitrogens with one attached hydrogen (secondary N) is 1. The van der Waals surface area contributed by atoms with Crippen LogP contribution in [0.25, 0.3) is 5.69 Å². The summed E-state index contributed by atoms with van der Waals surface area (Å²) >= 11 is 7.25. The number of benzene rings is 2. The summed E-state index contributed by atoms with van der Waals surface area (Å²) < 4.78 is 15.0. The zero-order chi connectivity index (χ0) is 18.7. The van der Waals surface area contributed by atoms with Crippen molar-refractivity contribution in [3.63, 3.8) is 0 Å². The van der Waals surface area contributed by atoms with Gasteiger partial charge in [-0.1, -0.05) is 41.1 Å². The number of aromatic nitrogens is 2. The van der Waals surface area contributed by atoms with Crippen LogP contribution in [0.3, 0.4) is 0 Å². The Labute approximate surface area is 160 Å². The van der Waals surface area contributed by atoms with Crippen LogP contribution in [0.4, 0.5) is 10.1 Å². The van der Waals surface area contributed by atoms with Gasteiger partial charge in [0.05, 0.1) is 22.2 Å². The number of hydrogen-bond acceptors (Lipinski definition) is 3. The molecule has 0 radical (unpaired) electrons. The molecule has 1 aromatic heterocycles. The number of imidazole rings is 1. The Hall–Kier alpha value is -2.31. The zero-order valence-electron chi connectivity index (χ0n) is 14.3. The lowest BCUT2D eigenvalue weighted by molar-refractivity contribution is -0.113. The molecule has 0 atom stereocenters. The first-order valence-corrected chi connectivity index (χ1v) is 9.29. The predicted molar refractivity (Wildman–Crippen MR) is 104 cm³/mol.